The van der Waals surface area contributed by atoms with E-state index >= 15 is 0 Å². The average Bonchev–Trinajstić information content (AvgIpc) is 3.18. The fraction of sp³-hybridized carbons (Fsp3) is 0.312. The van der Waals surface area contributed by atoms with E-state index in [1.807, 2.05) is 6.07 Å². The van der Waals surface area contributed by atoms with E-state index in [0.717, 1.165) is 29.4 Å². The number of fused-ring (bicyclic) bond motifs is 1. The number of hydrogen-bond acceptors (Lipinski definition) is 2. The van der Waals surface area contributed by atoms with Gasteiger partial charge in [0.1, 0.15) is 5.82 Å². The van der Waals surface area contributed by atoms with E-state index in [2.05, 4.69) is 4.57 Å². The molecule has 3 nitrogen and oxygen atoms in total. The van der Waals surface area contributed by atoms with Crippen LogP contribution >= 0.6 is 0 Å². The largest absolute Gasteiger partial charge is 0.463 e. The van der Waals surface area contributed by atoms with Crippen LogP contribution in [0.25, 0.3) is 17.0 Å². The van der Waals surface area contributed by atoms with Crippen molar-refractivity contribution in [1.82, 2.24) is 4.57 Å². The first kappa shape index (κ1) is 12.9. The smallest absolute Gasteiger partial charge is 0.330 e. The number of esters is 1. The van der Waals surface area contributed by atoms with Gasteiger partial charge in [-0.2, -0.15) is 0 Å². The number of benzene rings is 1. The molecule has 0 radical (unpaired) electrons. The third kappa shape index (κ3) is 2.46. The lowest BCUT2D eigenvalue weighted by atomic mass is 10.2. The van der Waals surface area contributed by atoms with E-state index < -0.39 is 0 Å². The third-order valence-corrected chi connectivity index (χ3v) is 3.42. The molecule has 3 rings (SSSR count). The van der Waals surface area contributed by atoms with E-state index in [9.17, 15) is 9.18 Å². The third-order valence-electron chi connectivity index (χ3n) is 3.42. The highest BCUT2D eigenvalue weighted by atomic mass is 19.1. The molecular formula is C16H16FNO2. The first-order chi connectivity index (χ1) is 9.69. The second-order valence-electron chi connectivity index (χ2n) is 4.96. The number of rotatable bonds is 4. The first-order valence-corrected chi connectivity index (χ1v) is 6.84. The quantitative estimate of drug-likeness (QED) is 0.628. The number of hydrogen-bond donors (Lipinski definition) is 0. The Morgan fingerprint density at radius 2 is 2.25 bits per heavy atom. The molecule has 0 saturated heterocycles. The molecule has 0 spiro atoms. The van der Waals surface area contributed by atoms with Gasteiger partial charge in [0.25, 0.3) is 0 Å². The van der Waals surface area contributed by atoms with Crippen molar-refractivity contribution >= 4 is 22.9 Å². The van der Waals surface area contributed by atoms with Crippen LogP contribution in [0.5, 0.6) is 0 Å². The van der Waals surface area contributed by atoms with Crippen LogP contribution in [0, 0.1) is 5.82 Å². The van der Waals surface area contributed by atoms with Crippen LogP contribution in [0.3, 0.4) is 0 Å². The molecule has 1 aliphatic rings. The van der Waals surface area contributed by atoms with Crippen LogP contribution in [0.15, 0.2) is 30.3 Å². The molecule has 1 saturated carbocycles. The van der Waals surface area contributed by atoms with Gasteiger partial charge in [0.2, 0.25) is 0 Å². The van der Waals surface area contributed by atoms with E-state index in [-0.39, 0.29) is 11.8 Å². The second kappa shape index (κ2) is 5.12. The number of aromatic nitrogens is 1. The molecule has 0 unspecified atom stereocenters. The highest BCUT2D eigenvalue weighted by Crippen LogP contribution is 2.40. The Labute approximate surface area is 116 Å². The van der Waals surface area contributed by atoms with Gasteiger partial charge in [-0.05, 0) is 50.1 Å². The van der Waals surface area contributed by atoms with E-state index in [1.54, 1.807) is 19.1 Å². The van der Waals surface area contributed by atoms with Crippen molar-refractivity contribution in [3.8, 4) is 0 Å². The summed E-state index contributed by atoms with van der Waals surface area (Å²) in [6.07, 6.45) is 5.42. The molecule has 0 N–H and O–H groups in total. The molecule has 20 heavy (non-hydrogen) atoms. The number of halogens is 1. The van der Waals surface area contributed by atoms with E-state index in [0.29, 0.717) is 12.6 Å². The second-order valence-corrected chi connectivity index (χ2v) is 4.96. The summed E-state index contributed by atoms with van der Waals surface area (Å²) in [4.78, 5) is 11.4. The summed E-state index contributed by atoms with van der Waals surface area (Å²) in [5.74, 6) is -0.599. The van der Waals surface area contributed by atoms with Gasteiger partial charge in [-0.1, -0.05) is 0 Å². The van der Waals surface area contributed by atoms with Crippen molar-refractivity contribution in [3.63, 3.8) is 0 Å². The van der Waals surface area contributed by atoms with Gasteiger partial charge in [-0.25, -0.2) is 9.18 Å². The lowest BCUT2D eigenvalue weighted by molar-refractivity contribution is -0.137. The van der Waals surface area contributed by atoms with Crippen LogP contribution in [0.2, 0.25) is 0 Å². The van der Waals surface area contributed by atoms with Crippen LogP contribution < -0.4 is 0 Å². The molecule has 2 aromatic rings. The van der Waals surface area contributed by atoms with Crippen LogP contribution in [0.4, 0.5) is 4.39 Å². The molecule has 0 bridgehead atoms. The monoisotopic (exact) mass is 273 g/mol. The standard InChI is InChI=1S/C16H16FNO2/c1-2-20-16(19)8-6-14-10-11-9-12(17)3-7-15(11)18(14)13-4-5-13/h3,6-10,13H,2,4-5H2,1H3/b8-6+. The predicted octanol–water partition coefficient (Wildman–Crippen LogP) is 3.69. The summed E-state index contributed by atoms with van der Waals surface area (Å²) >= 11 is 0. The van der Waals surface area contributed by atoms with Gasteiger partial charge in [0.15, 0.2) is 0 Å². The molecule has 104 valence electrons. The Hall–Kier alpha value is -2.10. The van der Waals surface area contributed by atoms with Gasteiger partial charge in [0, 0.05) is 28.7 Å². The highest BCUT2D eigenvalue weighted by molar-refractivity contribution is 5.89. The van der Waals surface area contributed by atoms with Crippen LogP contribution in [0.1, 0.15) is 31.5 Å². The lowest BCUT2D eigenvalue weighted by Crippen LogP contribution is -2.00. The van der Waals surface area contributed by atoms with E-state index in [4.69, 9.17) is 4.74 Å². The minimum atomic E-state index is -0.355. The summed E-state index contributed by atoms with van der Waals surface area (Å²) in [7, 11) is 0. The molecule has 1 aromatic carbocycles. The molecular weight excluding hydrogens is 257 g/mol. The summed E-state index contributed by atoms with van der Waals surface area (Å²) in [5.41, 5.74) is 1.93. The SMILES string of the molecule is CCOC(=O)/C=C/c1cc2cc(F)ccc2n1C1CC1. The molecule has 1 aromatic heterocycles. The summed E-state index contributed by atoms with van der Waals surface area (Å²) in [6, 6.07) is 7.16. The van der Waals surface area contributed by atoms with Gasteiger partial charge in [0.05, 0.1) is 6.61 Å². The highest BCUT2D eigenvalue weighted by Gasteiger charge is 2.26. The molecule has 0 amide bonds. The zero-order valence-electron chi connectivity index (χ0n) is 11.3. The maximum Gasteiger partial charge on any atom is 0.330 e. The number of carbonyl (C=O) groups is 1. The van der Waals surface area contributed by atoms with Crippen molar-refractivity contribution in [2.45, 2.75) is 25.8 Å². The Bertz CT molecular complexity index is 683. The number of carbonyl (C=O) groups excluding carboxylic acids is 1. The van der Waals surface area contributed by atoms with Gasteiger partial charge >= 0.3 is 5.97 Å². The fourth-order valence-electron chi connectivity index (χ4n) is 2.44. The first-order valence-electron chi connectivity index (χ1n) is 6.84. The predicted molar refractivity (Wildman–Crippen MR) is 75.8 cm³/mol. The van der Waals surface area contributed by atoms with Crippen molar-refractivity contribution in [2.24, 2.45) is 0 Å². The Balaban J connectivity index is 2.01. The minimum absolute atomic E-state index is 0.244. The number of ether oxygens (including phenoxy) is 1. The van der Waals surface area contributed by atoms with Crippen LogP contribution in [-0.4, -0.2) is 17.1 Å². The Morgan fingerprint density at radius 3 is 2.95 bits per heavy atom. The summed E-state index contributed by atoms with van der Waals surface area (Å²) < 4.78 is 20.4. The molecule has 1 fully saturated rings. The average molecular weight is 273 g/mol. The Kier molecular flexibility index (Phi) is 3.30. The topological polar surface area (TPSA) is 31.2 Å². The maximum atomic E-state index is 13.3. The van der Waals surface area contributed by atoms with Crippen molar-refractivity contribution in [3.05, 3.63) is 41.9 Å². The van der Waals surface area contributed by atoms with Gasteiger partial charge < -0.3 is 9.30 Å². The summed E-state index contributed by atoms with van der Waals surface area (Å²) in [6.45, 7) is 2.13. The number of nitrogens with zero attached hydrogens (tertiary/aromatic N) is 1. The van der Waals surface area contributed by atoms with Crippen molar-refractivity contribution in [1.29, 1.82) is 0 Å². The van der Waals surface area contributed by atoms with Gasteiger partial charge in [-0.15, -0.1) is 0 Å². The zero-order chi connectivity index (χ0) is 14.1. The minimum Gasteiger partial charge on any atom is -0.463 e. The Morgan fingerprint density at radius 1 is 1.45 bits per heavy atom. The normalized spacial score (nSPS) is 15.1. The van der Waals surface area contributed by atoms with Crippen molar-refractivity contribution < 1.29 is 13.9 Å². The fourth-order valence-corrected chi connectivity index (χ4v) is 2.44. The molecule has 1 aliphatic carbocycles. The molecule has 1 heterocycles. The van der Waals surface area contributed by atoms with E-state index in [1.165, 1.54) is 18.2 Å². The lowest BCUT2D eigenvalue weighted by Gasteiger charge is -2.06. The molecule has 0 atom stereocenters. The summed E-state index contributed by atoms with van der Waals surface area (Å²) in [5, 5.41) is 0.861. The van der Waals surface area contributed by atoms with Gasteiger partial charge in [-0.3, -0.25) is 0 Å². The zero-order valence-corrected chi connectivity index (χ0v) is 11.3. The van der Waals surface area contributed by atoms with Crippen molar-refractivity contribution in [2.75, 3.05) is 6.61 Å². The molecule has 4 heteroatoms. The van der Waals surface area contributed by atoms with Crippen LogP contribution in [-0.2, 0) is 9.53 Å². The molecule has 0 aliphatic heterocycles. The maximum absolute atomic E-state index is 13.3.